The summed E-state index contributed by atoms with van der Waals surface area (Å²) in [6.07, 6.45) is 1.04. The van der Waals surface area contributed by atoms with Crippen LogP contribution in [-0.4, -0.2) is 26.6 Å². The largest absolute Gasteiger partial charge is 0.478 e. The van der Waals surface area contributed by atoms with Gasteiger partial charge in [0.25, 0.3) is 0 Å². The molecular formula is C28H21Cl2N3O3S. The van der Waals surface area contributed by atoms with E-state index in [1.54, 1.807) is 46.4 Å². The molecule has 0 bridgehead atoms. The number of nitrogens with one attached hydrogen (secondary N) is 1. The molecule has 6 nitrogen and oxygen atoms in total. The highest BCUT2D eigenvalue weighted by Gasteiger charge is 2.42. The van der Waals surface area contributed by atoms with Gasteiger partial charge in [-0.3, -0.25) is 4.79 Å². The van der Waals surface area contributed by atoms with E-state index in [9.17, 15) is 14.7 Å². The highest BCUT2D eigenvalue weighted by molar-refractivity contribution is 7.10. The predicted octanol–water partition coefficient (Wildman–Crippen LogP) is 7.21. The number of carbonyl (C=O) groups excluding carboxylic acids is 1. The number of anilines is 1. The van der Waals surface area contributed by atoms with Gasteiger partial charge in [0.05, 0.1) is 27.0 Å². The minimum absolute atomic E-state index is 0.0527. The Bertz CT molecular complexity index is 1610. The first-order valence-electron chi connectivity index (χ1n) is 11.8. The number of rotatable bonds is 4. The Morgan fingerprint density at radius 1 is 1.11 bits per heavy atom. The van der Waals surface area contributed by atoms with Crippen molar-refractivity contribution in [2.45, 2.75) is 31.6 Å². The van der Waals surface area contributed by atoms with Gasteiger partial charge >= 0.3 is 5.97 Å². The zero-order valence-corrected chi connectivity index (χ0v) is 22.0. The second kappa shape index (κ2) is 9.17. The third-order valence-electron chi connectivity index (χ3n) is 7.06. The van der Waals surface area contributed by atoms with Crippen molar-refractivity contribution in [3.05, 3.63) is 109 Å². The molecule has 37 heavy (non-hydrogen) atoms. The van der Waals surface area contributed by atoms with E-state index >= 15 is 0 Å². The van der Waals surface area contributed by atoms with E-state index in [0.29, 0.717) is 45.7 Å². The Balaban J connectivity index is 1.59. The normalized spacial score (nSPS) is 18.8. The summed E-state index contributed by atoms with van der Waals surface area (Å²) in [6, 6.07) is 16.2. The van der Waals surface area contributed by atoms with Crippen LogP contribution >= 0.6 is 34.5 Å². The molecule has 0 amide bonds. The standard InChI is InChI=1S/C28H21Cl2N3O3S/c1-14-23-24(17-7-4-8-18(29)26(17)30)25-19(12-15(13-21(25)34)22-10-5-11-37-22)31-27(23)33(32-14)20-9-3-2-6-16(20)28(35)36/h2-11,15,24,31H,12-13H2,1H3,(H,35,36). The maximum Gasteiger partial charge on any atom is 0.337 e. The van der Waals surface area contributed by atoms with E-state index < -0.39 is 11.9 Å². The number of hydrogen-bond acceptors (Lipinski definition) is 5. The van der Waals surface area contributed by atoms with Crippen LogP contribution in [0.2, 0.25) is 10.0 Å². The van der Waals surface area contributed by atoms with Crippen LogP contribution in [0.15, 0.2) is 71.2 Å². The first-order valence-corrected chi connectivity index (χ1v) is 13.4. The molecule has 2 aliphatic rings. The molecule has 1 aliphatic carbocycles. The summed E-state index contributed by atoms with van der Waals surface area (Å²) in [6.45, 7) is 1.86. The molecule has 0 saturated carbocycles. The first kappa shape index (κ1) is 24.0. The zero-order valence-electron chi connectivity index (χ0n) is 19.7. The SMILES string of the molecule is Cc1nn(-c2ccccc2C(=O)O)c2c1C(c1cccc(Cl)c1Cl)C1=C(CC(c3cccs3)CC1=O)N2. The smallest absolute Gasteiger partial charge is 0.337 e. The van der Waals surface area contributed by atoms with Crippen molar-refractivity contribution in [2.24, 2.45) is 0 Å². The Labute approximate surface area is 227 Å². The highest BCUT2D eigenvalue weighted by atomic mass is 35.5. The fourth-order valence-electron chi connectivity index (χ4n) is 5.47. The van der Waals surface area contributed by atoms with Crippen LogP contribution in [0.4, 0.5) is 5.82 Å². The van der Waals surface area contributed by atoms with E-state index in [-0.39, 0.29) is 17.3 Å². The quantitative estimate of drug-likeness (QED) is 0.281. The van der Waals surface area contributed by atoms with Gasteiger partial charge in [-0.2, -0.15) is 5.10 Å². The number of allylic oxidation sites excluding steroid dienone is 2. The molecule has 2 aromatic heterocycles. The number of halogens is 2. The molecule has 2 atom stereocenters. The molecule has 0 saturated heterocycles. The lowest BCUT2D eigenvalue weighted by molar-refractivity contribution is -0.116. The number of para-hydroxylation sites is 1. The molecule has 1 aliphatic heterocycles. The molecule has 2 unspecified atom stereocenters. The molecule has 3 heterocycles. The molecule has 0 spiro atoms. The van der Waals surface area contributed by atoms with Crippen LogP contribution in [-0.2, 0) is 4.79 Å². The van der Waals surface area contributed by atoms with Crippen LogP contribution in [0.1, 0.15) is 56.7 Å². The van der Waals surface area contributed by atoms with E-state index in [1.807, 2.05) is 30.5 Å². The number of ketones is 1. The van der Waals surface area contributed by atoms with Crippen LogP contribution in [0.5, 0.6) is 0 Å². The fourth-order valence-corrected chi connectivity index (χ4v) is 6.72. The number of carboxylic acid groups (broad SMARTS) is 1. The summed E-state index contributed by atoms with van der Waals surface area (Å²) >= 11 is 14.8. The molecule has 9 heteroatoms. The Morgan fingerprint density at radius 3 is 2.68 bits per heavy atom. The molecule has 6 rings (SSSR count). The number of thiophene rings is 1. The van der Waals surface area contributed by atoms with Crippen molar-refractivity contribution in [1.82, 2.24) is 9.78 Å². The second-order valence-electron chi connectivity index (χ2n) is 9.22. The molecule has 0 radical (unpaired) electrons. The van der Waals surface area contributed by atoms with Gasteiger partial charge in [-0.25, -0.2) is 9.48 Å². The lowest BCUT2D eigenvalue weighted by Crippen LogP contribution is -2.30. The summed E-state index contributed by atoms with van der Waals surface area (Å²) in [4.78, 5) is 27.0. The third kappa shape index (κ3) is 3.89. The average Bonchev–Trinajstić information content (AvgIpc) is 3.53. The van der Waals surface area contributed by atoms with Gasteiger partial charge in [-0.1, -0.05) is 53.5 Å². The van der Waals surface area contributed by atoms with Gasteiger partial charge in [-0.05, 0) is 48.6 Å². The van der Waals surface area contributed by atoms with Gasteiger partial charge < -0.3 is 10.4 Å². The van der Waals surface area contributed by atoms with Gasteiger partial charge in [0.2, 0.25) is 0 Å². The van der Waals surface area contributed by atoms with Crippen LogP contribution in [0.3, 0.4) is 0 Å². The lowest BCUT2D eigenvalue weighted by Gasteiger charge is -2.35. The molecule has 2 N–H and O–H groups in total. The lowest BCUT2D eigenvalue weighted by atomic mass is 9.73. The minimum Gasteiger partial charge on any atom is -0.478 e. The van der Waals surface area contributed by atoms with Crippen molar-refractivity contribution in [2.75, 3.05) is 5.32 Å². The second-order valence-corrected chi connectivity index (χ2v) is 11.0. The summed E-state index contributed by atoms with van der Waals surface area (Å²) in [5.41, 5.74) is 4.21. The number of Topliss-reactive ketones (excluding diaryl/α,β-unsaturated/α-hetero) is 1. The number of aromatic nitrogens is 2. The number of carbonyl (C=O) groups is 2. The minimum atomic E-state index is -1.05. The van der Waals surface area contributed by atoms with E-state index in [1.165, 1.54) is 0 Å². The molecule has 0 fully saturated rings. The van der Waals surface area contributed by atoms with Crippen molar-refractivity contribution in [1.29, 1.82) is 0 Å². The van der Waals surface area contributed by atoms with Crippen molar-refractivity contribution < 1.29 is 14.7 Å². The molecule has 4 aromatic rings. The van der Waals surface area contributed by atoms with Crippen LogP contribution in [0, 0.1) is 6.92 Å². The number of nitrogens with zero attached hydrogens (tertiary/aromatic N) is 2. The molecule has 186 valence electrons. The monoisotopic (exact) mass is 549 g/mol. The van der Waals surface area contributed by atoms with E-state index in [4.69, 9.17) is 28.3 Å². The Kier molecular flexibility index (Phi) is 5.94. The summed E-state index contributed by atoms with van der Waals surface area (Å²) in [7, 11) is 0. The van der Waals surface area contributed by atoms with Crippen molar-refractivity contribution in [3.63, 3.8) is 0 Å². The zero-order chi connectivity index (χ0) is 25.8. The average molecular weight is 550 g/mol. The summed E-state index contributed by atoms with van der Waals surface area (Å²) < 4.78 is 1.63. The van der Waals surface area contributed by atoms with Gasteiger partial charge in [-0.15, -0.1) is 11.3 Å². The van der Waals surface area contributed by atoms with Gasteiger partial charge in [0.1, 0.15) is 5.82 Å². The van der Waals surface area contributed by atoms with Crippen LogP contribution < -0.4 is 5.32 Å². The molecular weight excluding hydrogens is 529 g/mol. The summed E-state index contributed by atoms with van der Waals surface area (Å²) in [5.74, 6) is -0.796. The Hall–Kier alpha value is -3.39. The van der Waals surface area contributed by atoms with Gasteiger partial charge in [0, 0.05) is 40.0 Å². The maximum atomic E-state index is 13.8. The number of benzene rings is 2. The maximum absolute atomic E-state index is 13.8. The third-order valence-corrected chi connectivity index (χ3v) is 8.93. The topological polar surface area (TPSA) is 84.2 Å². The van der Waals surface area contributed by atoms with Crippen molar-refractivity contribution in [3.8, 4) is 5.69 Å². The predicted molar refractivity (Wildman–Crippen MR) is 146 cm³/mol. The fraction of sp³-hybridized carbons (Fsp3) is 0.179. The number of aryl methyl sites for hydroxylation is 1. The first-order chi connectivity index (χ1) is 17.8. The highest BCUT2D eigenvalue weighted by Crippen LogP contribution is 2.51. The van der Waals surface area contributed by atoms with Crippen LogP contribution in [0.25, 0.3) is 5.69 Å². The Morgan fingerprint density at radius 2 is 1.92 bits per heavy atom. The summed E-state index contributed by atoms with van der Waals surface area (Å²) in [5, 5.41) is 20.9. The van der Waals surface area contributed by atoms with Gasteiger partial charge in [0.15, 0.2) is 5.78 Å². The van der Waals surface area contributed by atoms with E-state index in [2.05, 4.69) is 11.4 Å². The van der Waals surface area contributed by atoms with Crippen molar-refractivity contribution >= 4 is 52.1 Å². The number of hydrogen-bond donors (Lipinski definition) is 2. The number of aromatic carboxylic acids is 1. The molecule has 2 aromatic carbocycles. The number of fused-ring (bicyclic) bond motifs is 1. The number of carboxylic acids is 1. The van der Waals surface area contributed by atoms with E-state index in [0.717, 1.165) is 21.7 Å².